The molecule has 0 spiro atoms. The number of rotatable bonds is 46. The van der Waals surface area contributed by atoms with Crippen molar-refractivity contribution in [2.45, 2.75) is 225 Å². The van der Waals surface area contributed by atoms with E-state index in [1.54, 1.807) is 0 Å². The summed E-state index contributed by atoms with van der Waals surface area (Å²) >= 11 is 0. The highest BCUT2D eigenvalue weighted by atomic mass is 31.2. The molecule has 0 saturated heterocycles. The Labute approximate surface area is 391 Å². The average molecular weight is 927 g/mol. The van der Waals surface area contributed by atoms with Crippen LogP contribution in [0.4, 0.5) is 0 Å². The van der Waals surface area contributed by atoms with Gasteiger partial charge in [-0.25, -0.2) is 4.57 Å². The lowest BCUT2D eigenvalue weighted by Gasteiger charge is -2.24. The van der Waals surface area contributed by atoms with Gasteiger partial charge in [0.1, 0.15) is 19.8 Å². The number of hydrogen-bond acceptors (Lipinski definition) is 9. The summed E-state index contributed by atoms with van der Waals surface area (Å²) in [4.78, 5) is 35.6. The van der Waals surface area contributed by atoms with Crippen molar-refractivity contribution in [2.75, 3.05) is 47.5 Å². The number of phosphoric ester groups is 1. The molecular weight excluding hydrogens is 830 g/mol. The third kappa shape index (κ3) is 45.1. The normalized spacial score (nSPS) is 14.8. The van der Waals surface area contributed by atoms with Crippen LogP contribution in [0.15, 0.2) is 48.6 Å². The van der Waals surface area contributed by atoms with Gasteiger partial charge in [0.05, 0.1) is 40.0 Å². The van der Waals surface area contributed by atoms with Crippen molar-refractivity contribution < 1.29 is 52.3 Å². The number of esters is 2. The molecule has 0 aromatic heterocycles. The van der Waals surface area contributed by atoms with E-state index >= 15 is 0 Å². The minimum Gasteiger partial charge on any atom is -0.462 e. The number of nitrogens with zero attached hydrogens (tertiary/aromatic N) is 1. The van der Waals surface area contributed by atoms with E-state index in [9.17, 15) is 29.3 Å². The van der Waals surface area contributed by atoms with Gasteiger partial charge in [0, 0.05) is 12.8 Å². The largest absolute Gasteiger partial charge is 0.472 e. The topological polar surface area (TPSA) is 149 Å². The Morgan fingerprint density at radius 1 is 0.547 bits per heavy atom. The van der Waals surface area contributed by atoms with E-state index < -0.39 is 44.7 Å². The summed E-state index contributed by atoms with van der Waals surface area (Å²) in [6.45, 7) is 4.07. The van der Waals surface area contributed by atoms with Crippen LogP contribution < -0.4 is 0 Å². The molecule has 0 saturated carbocycles. The fourth-order valence-corrected chi connectivity index (χ4v) is 7.62. The van der Waals surface area contributed by atoms with Crippen LogP contribution in [0.25, 0.3) is 0 Å². The van der Waals surface area contributed by atoms with Crippen molar-refractivity contribution in [2.24, 2.45) is 0 Å². The molecule has 0 rings (SSSR count). The second-order valence-electron chi connectivity index (χ2n) is 18.5. The molecule has 0 amide bonds. The van der Waals surface area contributed by atoms with E-state index in [1.807, 2.05) is 33.3 Å². The summed E-state index contributed by atoms with van der Waals surface area (Å²) in [7, 11) is 1.30. The molecule has 0 aliphatic carbocycles. The first kappa shape index (κ1) is 61.9. The maximum absolute atomic E-state index is 12.8. The highest BCUT2D eigenvalue weighted by Crippen LogP contribution is 2.43. The number of hydrogen-bond donors (Lipinski definition) is 3. The number of likely N-dealkylation sites (N-methyl/N-ethyl adjacent to an activating group) is 1. The van der Waals surface area contributed by atoms with Crippen molar-refractivity contribution in [3.8, 4) is 0 Å². The van der Waals surface area contributed by atoms with Crippen molar-refractivity contribution in [3.05, 3.63) is 48.6 Å². The maximum atomic E-state index is 12.8. The molecule has 0 aliphatic rings. The second kappa shape index (κ2) is 43.5. The van der Waals surface area contributed by atoms with Crippen LogP contribution in [-0.4, -0.2) is 97.3 Å². The average Bonchev–Trinajstić information content (AvgIpc) is 3.24. The first-order valence-corrected chi connectivity index (χ1v) is 27.0. The number of unbranched alkanes of at least 4 members (excludes halogenated alkanes) is 20. The highest BCUT2D eigenvalue weighted by Gasteiger charge is 2.27. The maximum Gasteiger partial charge on any atom is 0.472 e. The molecule has 0 radical (unpaired) electrons. The lowest BCUT2D eigenvalue weighted by Crippen LogP contribution is -2.37. The molecule has 4 atom stereocenters. The van der Waals surface area contributed by atoms with Gasteiger partial charge >= 0.3 is 19.8 Å². The Hall–Kier alpha value is -2.11. The van der Waals surface area contributed by atoms with E-state index in [0.29, 0.717) is 17.4 Å². The molecule has 0 aliphatic heterocycles. The molecular formula is C52H97NO10P+. The minimum atomic E-state index is -4.46. The minimum absolute atomic E-state index is 0.0213. The molecule has 0 aromatic carbocycles. The number of quaternary nitrogens is 1. The first-order chi connectivity index (χ1) is 30.8. The smallest absolute Gasteiger partial charge is 0.462 e. The molecule has 0 heterocycles. The van der Waals surface area contributed by atoms with Crippen LogP contribution in [0, 0.1) is 0 Å². The second-order valence-corrected chi connectivity index (χ2v) is 20.0. The summed E-state index contributed by atoms with van der Waals surface area (Å²) in [6, 6.07) is 0. The zero-order valence-electron chi connectivity index (χ0n) is 41.5. The summed E-state index contributed by atoms with van der Waals surface area (Å²) in [6.07, 6.45) is 44.7. The van der Waals surface area contributed by atoms with Crippen LogP contribution in [0.3, 0.4) is 0 Å². The zero-order chi connectivity index (χ0) is 47.4. The van der Waals surface area contributed by atoms with E-state index in [1.165, 1.54) is 116 Å². The fraction of sp³-hybridized carbons (Fsp3) is 0.808. The van der Waals surface area contributed by atoms with Gasteiger partial charge < -0.3 is 29.1 Å². The van der Waals surface area contributed by atoms with E-state index in [4.69, 9.17) is 18.5 Å². The highest BCUT2D eigenvalue weighted by molar-refractivity contribution is 7.47. The number of carbonyl (C=O) groups excluding carboxylic acids is 2. The van der Waals surface area contributed by atoms with Crippen LogP contribution in [-0.2, 0) is 32.7 Å². The summed E-state index contributed by atoms with van der Waals surface area (Å²) in [5.74, 6) is -1.08. The molecule has 374 valence electrons. The Balaban J connectivity index is 4.45. The van der Waals surface area contributed by atoms with Crippen LogP contribution in [0.1, 0.15) is 206 Å². The van der Waals surface area contributed by atoms with Gasteiger partial charge in [0.15, 0.2) is 6.10 Å². The zero-order valence-corrected chi connectivity index (χ0v) is 42.4. The number of aliphatic hydroxyl groups is 2. The molecule has 0 aromatic rings. The van der Waals surface area contributed by atoms with Crippen molar-refractivity contribution in [1.82, 2.24) is 0 Å². The van der Waals surface area contributed by atoms with Gasteiger partial charge in [-0.2, -0.15) is 0 Å². The Morgan fingerprint density at radius 3 is 1.56 bits per heavy atom. The van der Waals surface area contributed by atoms with Gasteiger partial charge in [-0.1, -0.05) is 165 Å². The Morgan fingerprint density at radius 2 is 1.00 bits per heavy atom. The van der Waals surface area contributed by atoms with Gasteiger partial charge in [0.2, 0.25) is 0 Å². The van der Waals surface area contributed by atoms with Crippen LogP contribution in [0.5, 0.6) is 0 Å². The summed E-state index contributed by atoms with van der Waals surface area (Å²) in [5.41, 5.74) is 0. The quantitative estimate of drug-likeness (QED) is 0.0177. The molecule has 3 N–H and O–H groups in total. The van der Waals surface area contributed by atoms with Gasteiger partial charge in [-0.3, -0.25) is 18.6 Å². The SMILES string of the molecule is CCCCC/C=C\C/C=C\C/C=C\CC(O)C(O)CCCC(=O)O[C@H](COC(=O)CCCCCCCCCCCCC/C=C\CCCCCCCC)COP(=O)(O)OCC[N+](C)(C)C. The number of carbonyl (C=O) groups is 2. The number of aliphatic hydroxyl groups excluding tert-OH is 2. The third-order valence-corrected chi connectivity index (χ3v) is 12.0. The predicted molar refractivity (Wildman–Crippen MR) is 264 cm³/mol. The molecule has 0 fully saturated rings. The summed E-state index contributed by atoms with van der Waals surface area (Å²) in [5, 5.41) is 20.9. The standard InChI is InChI=1S/C52H96NO10P/c1-6-8-10-12-14-16-18-20-21-22-23-24-25-26-27-28-30-32-34-36-38-42-51(56)60-46-48(47-62-64(58,59)61-45-44-53(3,4)5)63-52(57)43-39-41-50(55)49(54)40-37-35-33-31-29-19-17-15-13-11-9-7-2/h15,17,20-21,29,31,35,37,48-50,54-55H,6-14,16,18-19,22-28,30,32-34,36,38-47H2,1-5H3/p+1/b17-15-,21-20-,31-29-,37-35-/t48-,49?,50?/m1/s1. The molecule has 3 unspecified atom stereocenters. The lowest BCUT2D eigenvalue weighted by atomic mass is 10.0. The van der Waals surface area contributed by atoms with Crippen LogP contribution in [0.2, 0.25) is 0 Å². The van der Waals surface area contributed by atoms with E-state index in [2.05, 4.69) is 50.3 Å². The van der Waals surface area contributed by atoms with Gasteiger partial charge in [-0.15, -0.1) is 0 Å². The van der Waals surface area contributed by atoms with Crippen molar-refractivity contribution in [3.63, 3.8) is 0 Å². The Kier molecular flexibility index (Phi) is 42.0. The molecule has 12 heteroatoms. The fourth-order valence-electron chi connectivity index (χ4n) is 6.88. The van der Waals surface area contributed by atoms with Gasteiger partial charge in [0.25, 0.3) is 0 Å². The van der Waals surface area contributed by atoms with Crippen molar-refractivity contribution >= 4 is 19.8 Å². The van der Waals surface area contributed by atoms with E-state index in [0.717, 1.165) is 38.5 Å². The van der Waals surface area contributed by atoms with Crippen molar-refractivity contribution in [1.29, 1.82) is 0 Å². The lowest BCUT2D eigenvalue weighted by molar-refractivity contribution is -0.870. The van der Waals surface area contributed by atoms with Crippen LogP contribution >= 0.6 is 7.82 Å². The molecule has 0 bridgehead atoms. The third-order valence-electron chi connectivity index (χ3n) is 11.0. The Bertz CT molecular complexity index is 1260. The molecule has 64 heavy (non-hydrogen) atoms. The molecule has 11 nitrogen and oxygen atoms in total. The summed E-state index contributed by atoms with van der Waals surface area (Å²) < 4.78 is 34.2. The number of ether oxygens (including phenoxy) is 2. The number of phosphoric acid groups is 1. The first-order valence-electron chi connectivity index (χ1n) is 25.5. The van der Waals surface area contributed by atoms with Gasteiger partial charge in [-0.05, 0) is 77.0 Å². The van der Waals surface area contributed by atoms with E-state index in [-0.39, 0.29) is 45.3 Å². The number of allylic oxidation sites excluding steroid dienone is 7. The predicted octanol–water partition coefficient (Wildman–Crippen LogP) is 13.0. The monoisotopic (exact) mass is 927 g/mol.